The summed E-state index contributed by atoms with van der Waals surface area (Å²) >= 11 is 0. The Balaban J connectivity index is 1.71. The van der Waals surface area contributed by atoms with E-state index in [4.69, 9.17) is 0 Å². The van der Waals surface area contributed by atoms with Crippen molar-refractivity contribution in [1.29, 1.82) is 0 Å². The Hall–Kier alpha value is -2.22. The number of ether oxygens (including phenoxy) is 1. The first kappa shape index (κ1) is 19.5. The van der Waals surface area contributed by atoms with Crippen LogP contribution >= 0.6 is 0 Å². The summed E-state index contributed by atoms with van der Waals surface area (Å²) in [6.07, 6.45) is 5.38. The van der Waals surface area contributed by atoms with Crippen molar-refractivity contribution >= 4 is 5.96 Å². The average Bonchev–Trinajstić information content (AvgIpc) is 3.31. The van der Waals surface area contributed by atoms with Gasteiger partial charge in [0.1, 0.15) is 11.6 Å². The Morgan fingerprint density at radius 3 is 2.81 bits per heavy atom. The monoisotopic (exact) mass is 382 g/mol. The minimum absolute atomic E-state index is 0.0349. The van der Waals surface area contributed by atoms with E-state index in [1.807, 2.05) is 6.92 Å². The summed E-state index contributed by atoms with van der Waals surface area (Å²) in [5.74, 6) is -0.111. The Morgan fingerprint density at radius 2 is 2.11 bits per heavy atom. The van der Waals surface area contributed by atoms with Gasteiger partial charge in [0.15, 0.2) is 5.96 Å². The summed E-state index contributed by atoms with van der Waals surface area (Å²) in [5, 5.41) is 3.22. The second-order valence-electron chi connectivity index (χ2n) is 6.58. The number of guanidine groups is 1. The molecule has 0 spiro atoms. The quantitative estimate of drug-likeness (QED) is 0.467. The van der Waals surface area contributed by atoms with Crippen molar-refractivity contribution in [1.82, 2.24) is 15.1 Å². The lowest BCUT2D eigenvalue weighted by Crippen LogP contribution is -2.42. The molecule has 0 amide bonds. The number of aliphatic imine (C=N–C) groups is 1. The predicted molar refractivity (Wildman–Crippen MR) is 98.5 cm³/mol. The van der Waals surface area contributed by atoms with Gasteiger partial charge in [0, 0.05) is 38.8 Å². The number of halogens is 3. The minimum atomic E-state index is -3.00. The van der Waals surface area contributed by atoms with E-state index < -0.39 is 12.4 Å². The van der Waals surface area contributed by atoms with Crippen molar-refractivity contribution in [3.8, 4) is 5.75 Å². The summed E-state index contributed by atoms with van der Waals surface area (Å²) in [5.41, 5.74) is 0.0349. The lowest BCUT2D eigenvalue weighted by molar-refractivity contribution is -0.0506. The molecule has 0 aromatic heterocycles. The summed E-state index contributed by atoms with van der Waals surface area (Å²) < 4.78 is 43.7. The topological polar surface area (TPSA) is 40.1 Å². The van der Waals surface area contributed by atoms with Gasteiger partial charge in [-0.15, -0.1) is 0 Å². The van der Waals surface area contributed by atoms with Crippen LogP contribution in [0.15, 0.2) is 35.3 Å². The van der Waals surface area contributed by atoms with E-state index >= 15 is 0 Å². The molecule has 3 rings (SSSR count). The van der Waals surface area contributed by atoms with Gasteiger partial charge >= 0.3 is 6.61 Å². The standard InChI is InChI=1S/C19H25F3N4O/c1-2-23-19(26-11-8-14(13-26)25-9-3-4-10-25)24-12-15-16(20)6-5-7-17(15)27-18(21)22/h3-7,14,18H,2,8-13H2,1H3,(H,23,24). The number of alkyl halides is 2. The average molecular weight is 382 g/mol. The number of nitrogens with one attached hydrogen (secondary N) is 1. The Labute approximate surface area is 157 Å². The van der Waals surface area contributed by atoms with Crippen molar-refractivity contribution in [3.63, 3.8) is 0 Å². The maximum atomic E-state index is 14.1. The molecule has 2 heterocycles. The lowest BCUT2D eigenvalue weighted by atomic mass is 10.2. The molecular formula is C19H25F3N4O. The number of hydrogen-bond acceptors (Lipinski definition) is 3. The predicted octanol–water partition coefficient (Wildman–Crippen LogP) is 2.84. The first-order chi connectivity index (χ1) is 13.1. The fourth-order valence-electron chi connectivity index (χ4n) is 3.50. The molecule has 1 unspecified atom stereocenters. The molecule has 1 atom stereocenters. The maximum Gasteiger partial charge on any atom is 0.387 e. The fraction of sp³-hybridized carbons (Fsp3) is 0.526. The van der Waals surface area contributed by atoms with Crippen LogP contribution in [-0.4, -0.2) is 61.1 Å². The number of rotatable bonds is 6. The Bertz CT molecular complexity index is 688. The van der Waals surface area contributed by atoms with Gasteiger partial charge in [-0.2, -0.15) is 8.78 Å². The second kappa shape index (κ2) is 9.12. The van der Waals surface area contributed by atoms with E-state index in [0.29, 0.717) is 18.5 Å². The molecule has 0 radical (unpaired) electrons. The number of likely N-dealkylation sites (tertiary alicyclic amines) is 1. The van der Waals surface area contributed by atoms with Crippen molar-refractivity contribution in [2.45, 2.75) is 32.5 Å². The first-order valence-corrected chi connectivity index (χ1v) is 9.23. The zero-order chi connectivity index (χ0) is 19.2. The molecule has 8 heteroatoms. The first-order valence-electron chi connectivity index (χ1n) is 9.23. The molecule has 2 aliphatic heterocycles. The van der Waals surface area contributed by atoms with Crippen LogP contribution in [0.25, 0.3) is 0 Å². The van der Waals surface area contributed by atoms with Crippen LogP contribution in [0.4, 0.5) is 13.2 Å². The largest absolute Gasteiger partial charge is 0.434 e. The maximum absolute atomic E-state index is 14.1. The van der Waals surface area contributed by atoms with Gasteiger partial charge in [-0.25, -0.2) is 9.38 Å². The normalized spacial score (nSPS) is 20.7. The summed E-state index contributed by atoms with van der Waals surface area (Å²) in [6.45, 7) is 3.19. The zero-order valence-electron chi connectivity index (χ0n) is 15.4. The third-order valence-corrected chi connectivity index (χ3v) is 4.84. The molecule has 2 aliphatic rings. The Morgan fingerprint density at radius 1 is 1.33 bits per heavy atom. The van der Waals surface area contributed by atoms with Crippen molar-refractivity contribution in [2.75, 3.05) is 32.7 Å². The SMILES string of the molecule is CCNC(=NCc1c(F)cccc1OC(F)F)N1CCC(N2CC=CC2)C1. The van der Waals surface area contributed by atoms with Crippen molar-refractivity contribution in [3.05, 3.63) is 41.7 Å². The van der Waals surface area contributed by atoms with Crippen molar-refractivity contribution < 1.29 is 17.9 Å². The highest BCUT2D eigenvalue weighted by Crippen LogP contribution is 2.25. The van der Waals surface area contributed by atoms with Gasteiger partial charge in [0.05, 0.1) is 12.1 Å². The molecule has 0 aliphatic carbocycles. The smallest absolute Gasteiger partial charge is 0.387 e. The van der Waals surface area contributed by atoms with Gasteiger partial charge in [0.25, 0.3) is 0 Å². The summed E-state index contributed by atoms with van der Waals surface area (Å²) in [6, 6.07) is 4.36. The molecular weight excluding hydrogens is 357 g/mol. The van der Waals surface area contributed by atoms with E-state index in [-0.39, 0.29) is 17.9 Å². The van der Waals surface area contributed by atoms with Gasteiger partial charge in [0.2, 0.25) is 0 Å². The minimum Gasteiger partial charge on any atom is -0.434 e. The van der Waals surface area contributed by atoms with E-state index in [9.17, 15) is 13.2 Å². The van der Waals surface area contributed by atoms with Gasteiger partial charge in [-0.05, 0) is 25.5 Å². The van der Waals surface area contributed by atoms with E-state index in [0.717, 1.165) is 32.6 Å². The molecule has 27 heavy (non-hydrogen) atoms. The lowest BCUT2D eigenvalue weighted by Gasteiger charge is -2.25. The molecule has 148 valence electrons. The number of benzene rings is 1. The van der Waals surface area contributed by atoms with Crippen LogP contribution in [0.3, 0.4) is 0 Å². The molecule has 1 fully saturated rings. The molecule has 1 saturated heterocycles. The van der Waals surface area contributed by atoms with Gasteiger partial charge in [-0.3, -0.25) is 4.90 Å². The van der Waals surface area contributed by atoms with Gasteiger partial charge in [-0.1, -0.05) is 18.2 Å². The molecule has 1 aromatic carbocycles. The van der Waals surface area contributed by atoms with Crippen LogP contribution in [0, 0.1) is 5.82 Å². The third kappa shape index (κ3) is 4.94. The molecule has 0 saturated carbocycles. The molecule has 0 bridgehead atoms. The van der Waals surface area contributed by atoms with E-state index in [1.165, 1.54) is 18.2 Å². The van der Waals surface area contributed by atoms with E-state index in [2.05, 4.69) is 37.0 Å². The van der Waals surface area contributed by atoms with Crippen LogP contribution in [-0.2, 0) is 6.54 Å². The molecule has 1 aromatic rings. The summed E-state index contributed by atoms with van der Waals surface area (Å²) in [4.78, 5) is 9.04. The van der Waals surface area contributed by atoms with Crippen LogP contribution in [0.5, 0.6) is 5.75 Å². The van der Waals surface area contributed by atoms with Crippen LogP contribution < -0.4 is 10.1 Å². The molecule has 1 N–H and O–H groups in total. The fourth-order valence-corrected chi connectivity index (χ4v) is 3.50. The third-order valence-electron chi connectivity index (χ3n) is 4.84. The molecule has 5 nitrogen and oxygen atoms in total. The zero-order valence-corrected chi connectivity index (χ0v) is 15.4. The van der Waals surface area contributed by atoms with Crippen molar-refractivity contribution in [2.24, 2.45) is 4.99 Å². The Kier molecular flexibility index (Phi) is 6.60. The second-order valence-corrected chi connectivity index (χ2v) is 6.58. The highest BCUT2D eigenvalue weighted by molar-refractivity contribution is 5.80. The number of hydrogen-bond donors (Lipinski definition) is 1. The van der Waals surface area contributed by atoms with Crippen LogP contribution in [0.2, 0.25) is 0 Å². The van der Waals surface area contributed by atoms with E-state index in [1.54, 1.807) is 0 Å². The number of nitrogens with zero attached hydrogens (tertiary/aromatic N) is 3. The van der Waals surface area contributed by atoms with Crippen LogP contribution in [0.1, 0.15) is 18.9 Å². The highest BCUT2D eigenvalue weighted by atomic mass is 19.3. The highest BCUT2D eigenvalue weighted by Gasteiger charge is 2.29. The summed E-state index contributed by atoms with van der Waals surface area (Å²) in [7, 11) is 0. The van der Waals surface area contributed by atoms with Gasteiger partial charge < -0.3 is 15.0 Å².